The number of aryl methyl sites for hydroxylation is 1. The number of nitrogens with one attached hydrogen (secondary N) is 1. The Morgan fingerprint density at radius 3 is 2.45 bits per heavy atom. The predicted molar refractivity (Wildman–Crippen MR) is 111 cm³/mol. The molecule has 0 spiro atoms. The summed E-state index contributed by atoms with van der Waals surface area (Å²) < 4.78 is 6.11. The van der Waals surface area contributed by atoms with E-state index in [4.69, 9.17) is 10.6 Å². The fourth-order valence-electron chi connectivity index (χ4n) is 2.70. The number of amides is 1. The Labute approximate surface area is 172 Å². The number of methoxy groups -OCH3 is 1. The first-order valence-corrected chi connectivity index (χ1v) is 9.80. The number of carbonyl (C=O) groups excluding carboxylic acids is 1. The molecule has 3 rings (SSSR count). The highest BCUT2D eigenvalue weighted by molar-refractivity contribution is 7.99. The number of hydrogen-bond acceptors (Lipinski definition) is 7. The van der Waals surface area contributed by atoms with Gasteiger partial charge >= 0.3 is 0 Å². The van der Waals surface area contributed by atoms with Gasteiger partial charge in [-0.3, -0.25) is 9.59 Å². The number of carbonyl (C=O) groups is 1. The molecule has 0 fully saturated rings. The van der Waals surface area contributed by atoms with Crippen LogP contribution in [0.4, 0.5) is 0 Å². The van der Waals surface area contributed by atoms with Gasteiger partial charge in [0.15, 0.2) is 0 Å². The van der Waals surface area contributed by atoms with Crippen molar-refractivity contribution >= 4 is 17.7 Å². The number of ether oxygens (including phenoxy) is 1. The summed E-state index contributed by atoms with van der Waals surface area (Å²) in [6.07, 6.45) is 0. The Balaban J connectivity index is 1.76. The maximum atomic E-state index is 12.6. The number of aromatic nitrogens is 3. The number of benzene rings is 2. The molecule has 0 aliphatic carbocycles. The second-order valence-corrected chi connectivity index (χ2v) is 7.16. The minimum absolute atomic E-state index is 0.0356. The van der Waals surface area contributed by atoms with Gasteiger partial charge in [0, 0.05) is 0 Å². The van der Waals surface area contributed by atoms with E-state index < -0.39 is 5.56 Å². The topological polar surface area (TPSA) is 112 Å². The molecule has 0 unspecified atom stereocenters. The lowest BCUT2D eigenvalue weighted by Crippen LogP contribution is -2.34. The highest BCUT2D eigenvalue weighted by Crippen LogP contribution is 2.24. The third-order valence-corrected chi connectivity index (χ3v) is 5.18. The van der Waals surface area contributed by atoms with E-state index in [9.17, 15) is 9.59 Å². The van der Waals surface area contributed by atoms with Gasteiger partial charge in [-0.15, -0.1) is 10.2 Å². The zero-order chi connectivity index (χ0) is 20.8. The highest BCUT2D eigenvalue weighted by Gasteiger charge is 2.18. The molecular formula is C20H21N5O3S. The SMILES string of the molecule is COc1ccc([C@H](NC(=O)CSc2nnc(C)c(=O)n2N)c2ccccc2)cc1. The van der Waals surface area contributed by atoms with Crippen LogP contribution < -0.4 is 21.5 Å². The van der Waals surface area contributed by atoms with Crippen molar-refractivity contribution in [2.45, 2.75) is 18.1 Å². The van der Waals surface area contributed by atoms with Crippen molar-refractivity contribution in [3.8, 4) is 5.75 Å². The van der Waals surface area contributed by atoms with E-state index in [2.05, 4.69) is 15.5 Å². The lowest BCUT2D eigenvalue weighted by atomic mass is 9.98. The molecule has 150 valence electrons. The molecule has 1 aromatic heterocycles. The highest BCUT2D eigenvalue weighted by atomic mass is 32.2. The first-order chi connectivity index (χ1) is 14.0. The van der Waals surface area contributed by atoms with Crippen LogP contribution in [0.1, 0.15) is 22.9 Å². The van der Waals surface area contributed by atoms with Crippen LogP contribution in [0.3, 0.4) is 0 Å². The molecular weight excluding hydrogens is 390 g/mol. The second-order valence-electron chi connectivity index (χ2n) is 6.22. The van der Waals surface area contributed by atoms with Crippen molar-refractivity contribution in [1.82, 2.24) is 20.2 Å². The summed E-state index contributed by atoms with van der Waals surface area (Å²) in [7, 11) is 1.60. The summed E-state index contributed by atoms with van der Waals surface area (Å²) in [5.74, 6) is 6.26. The molecule has 2 aromatic carbocycles. The molecule has 1 amide bonds. The van der Waals surface area contributed by atoms with Gasteiger partial charge in [-0.25, -0.2) is 0 Å². The van der Waals surface area contributed by atoms with E-state index in [-0.39, 0.29) is 28.6 Å². The Bertz CT molecular complexity index is 1040. The summed E-state index contributed by atoms with van der Waals surface area (Å²) in [6.45, 7) is 1.53. The van der Waals surface area contributed by atoms with Crippen molar-refractivity contribution in [2.75, 3.05) is 18.7 Å². The van der Waals surface area contributed by atoms with E-state index in [0.29, 0.717) is 0 Å². The average Bonchev–Trinajstić information content (AvgIpc) is 2.76. The van der Waals surface area contributed by atoms with Crippen molar-refractivity contribution in [3.05, 3.63) is 81.8 Å². The molecule has 0 saturated heterocycles. The summed E-state index contributed by atoms with van der Waals surface area (Å²) in [5, 5.41) is 10.8. The minimum Gasteiger partial charge on any atom is -0.497 e. The fraction of sp³-hybridized carbons (Fsp3) is 0.200. The van der Waals surface area contributed by atoms with Crippen LogP contribution in [-0.2, 0) is 4.79 Å². The number of thioether (sulfide) groups is 1. The zero-order valence-electron chi connectivity index (χ0n) is 16.0. The van der Waals surface area contributed by atoms with E-state index >= 15 is 0 Å². The molecule has 3 aromatic rings. The predicted octanol–water partition coefficient (Wildman–Crippen LogP) is 1.67. The standard InChI is InChI=1S/C20H21N5O3S/c1-13-19(27)25(21)20(24-23-13)29-12-17(26)22-18(14-6-4-3-5-7-14)15-8-10-16(28-2)11-9-15/h3-11,18H,12,21H2,1-2H3,(H,22,26)/t18-/m1/s1. The molecule has 29 heavy (non-hydrogen) atoms. The number of hydrogen-bond donors (Lipinski definition) is 2. The summed E-state index contributed by atoms with van der Waals surface area (Å²) in [4.78, 5) is 24.5. The molecule has 3 N–H and O–H groups in total. The first kappa shape index (κ1) is 20.4. The van der Waals surface area contributed by atoms with Crippen LogP contribution in [0, 0.1) is 6.92 Å². The summed E-state index contributed by atoms with van der Waals surface area (Å²) >= 11 is 1.05. The summed E-state index contributed by atoms with van der Waals surface area (Å²) in [5.41, 5.74) is 1.62. The Hall–Kier alpha value is -3.33. The number of rotatable bonds is 7. The van der Waals surface area contributed by atoms with Gasteiger partial charge < -0.3 is 15.9 Å². The number of nitrogens with zero attached hydrogens (tertiary/aromatic N) is 3. The van der Waals surface area contributed by atoms with Crippen molar-refractivity contribution in [1.29, 1.82) is 0 Å². The lowest BCUT2D eigenvalue weighted by Gasteiger charge is -2.20. The molecule has 8 nitrogen and oxygen atoms in total. The van der Waals surface area contributed by atoms with E-state index in [1.54, 1.807) is 7.11 Å². The minimum atomic E-state index is -0.441. The maximum absolute atomic E-state index is 12.6. The van der Waals surface area contributed by atoms with Gasteiger partial charge in [0.1, 0.15) is 11.4 Å². The van der Waals surface area contributed by atoms with Gasteiger partial charge in [-0.1, -0.05) is 54.2 Å². The smallest absolute Gasteiger partial charge is 0.294 e. The van der Waals surface area contributed by atoms with E-state index in [1.165, 1.54) is 6.92 Å². The molecule has 0 aliphatic rings. The maximum Gasteiger partial charge on any atom is 0.294 e. The van der Waals surface area contributed by atoms with Crippen molar-refractivity contribution in [3.63, 3.8) is 0 Å². The summed E-state index contributed by atoms with van der Waals surface area (Å²) in [6, 6.07) is 16.8. The molecule has 0 radical (unpaired) electrons. The Morgan fingerprint density at radius 1 is 1.14 bits per heavy atom. The number of nitrogens with two attached hydrogens (primary N) is 1. The fourth-order valence-corrected chi connectivity index (χ4v) is 3.37. The van der Waals surface area contributed by atoms with Gasteiger partial charge in [-0.05, 0) is 30.2 Å². The van der Waals surface area contributed by atoms with Crippen LogP contribution in [0.25, 0.3) is 0 Å². The zero-order valence-corrected chi connectivity index (χ0v) is 16.8. The monoisotopic (exact) mass is 411 g/mol. The normalized spacial score (nSPS) is 11.7. The van der Waals surface area contributed by atoms with Gasteiger partial charge in [0.25, 0.3) is 5.56 Å². The Morgan fingerprint density at radius 2 is 1.79 bits per heavy atom. The molecule has 9 heteroatoms. The van der Waals surface area contributed by atoms with Gasteiger partial charge in [0.05, 0.1) is 18.9 Å². The van der Waals surface area contributed by atoms with Gasteiger partial charge in [-0.2, -0.15) is 4.68 Å². The number of nitrogen functional groups attached to an aromatic ring is 1. The van der Waals surface area contributed by atoms with Crippen LogP contribution in [-0.4, -0.2) is 33.6 Å². The molecule has 1 atom stereocenters. The van der Waals surface area contributed by atoms with Gasteiger partial charge in [0.2, 0.25) is 11.1 Å². The first-order valence-electron chi connectivity index (χ1n) is 8.82. The van der Waals surface area contributed by atoms with E-state index in [0.717, 1.165) is 33.3 Å². The average molecular weight is 411 g/mol. The van der Waals surface area contributed by atoms with Crippen molar-refractivity contribution < 1.29 is 9.53 Å². The molecule has 0 saturated carbocycles. The Kier molecular flexibility index (Phi) is 6.50. The van der Waals surface area contributed by atoms with Crippen LogP contribution in [0.5, 0.6) is 5.75 Å². The van der Waals surface area contributed by atoms with Crippen LogP contribution in [0.15, 0.2) is 64.5 Å². The molecule has 1 heterocycles. The quantitative estimate of drug-likeness (QED) is 0.449. The lowest BCUT2D eigenvalue weighted by molar-refractivity contribution is -0.119. The molecule has 0 bridgehead atoms. The van der Waals surface area contributed by atoms with E-state index in [1.807, 2.05) is 54.6 Å². The second kappa shape index (κ2) is 9.24. The largest absolute Gasteiger partial charge is 0.497 e. The van der Waals surface area contributed by atoms with Crippen LogP contribution >= 0.6 is 11.8 Å². The third kappa shape index (κ3) is 4.94. The van der Waals surface area contributed by atoms with Crippen molar-refractivity contribution in [2.24, 2.45) is 0 Å². The third-order valence-electron chi connectivity index (χ3n) is 4.24. The molecule has 0 aliphatic heterocycles. The van der Waals surface area contributed by atoms with Crippen LogP contribution in [0.2, 0.25) is 0 Å².